The Labute approximate surface area is 114 Å². The van der Waals surface area contributed by atoms with Crippen molar-refractivity contribution in [3.05, 3.63) is 44.8 Å². The van der Waals surface area contributed by atoms with Crippen molar-refractivity contribution in [1.29, 1.82) is 0 Å². The summed E-state index contributed by atoms with van der Waals surface area (Å²) >= 11 is 11.8. The van der Waals surface area contributed by atoms with Crippen LogP contribution in [0.3, 0.4) is 0 Å². The highest BCUT2D eigenvalue weighted by Gasteiger charge is 2.09. The average molecular weight is 284 g/mol. The summed E-state index contributed by atoms with van der Waals surface area (Å²) in [7, 11) is 0. The standard InChI is InChI=1S/C12H11Cl2N3O/c1-2-5-17-11(18)4-3-10(16-17)12-9(14)6-8(13)7-15-12/h3-4,6-7H,2,5H2,1H3. The van der Waals surface area contributed by atoms with Gasteiger partial charge in [0.2, 0.25) is 0 Å². The molecule has 0 amide bonds. The zero-order chi connectivity index (χ0) is 13.1. The molecule has 94 valence electrons. The molecule has 0 spiro atoms. The number of aromatic nitrogens is 3. The number of nitrogens with zero attached hydrogens (tertiary/aromatic N) is 3. The van der Waals surface area contributed by atoms with Crippen LogP contribution in [0.2, 0.25) is 10.0 Å². The molecule has 0 atom stereocenters. The summed E-state index contributed by atoms with van der Waals surface area (Å²) in [6, 6.07) is 4.67. The number of hydrogen-bond donors (Lipinski definition) is 0. The van der Waals surface area contributed by atoms with Crippen LogP contribution in [0.4, 0.5) is 0 Å². The Morgan fingerprint density at radius 2 is 2.11 bits per heavy atom. The van der Waals surface area contributed by atoms with E-state index in [1.54, 1.807) is 12.1 Å². The Balaban J connectivity index is 2.50. The van der Waals surface area contributed by atoms with Gasteiger partial charge in [-0.1, -0.05) is 30.1 Å². The molecule has 0 fully saturated rings. The quantitative estimate of drug-likeness (QED) is 0.870. The van der Waals surface area contributed by atoms with Crippen molar-refractivity contribution in [3.63, 3.8) is 0 Å². The maximum Gasteiger partial charge on any atom is 0.266 e. The fraction of sp³-hybridized carbons (Fsp3) is 0.250. The van der Waals surface area contributed by atoms with Crippen LogP contribution >= 0.6 is 23.2 Å². The molecule has 18 heavy (non-hydrogen) atoms. The van der Waals surface area contributed by atoms with Crippen LogP contribution in [0.25, 0.3) is 11.4 Å². The fourth-order valence-electron chi connectivity index (χ4n) is 1.55. The zero-order valence-corrected chi connectivity index (χ0v) is 11.2. The van der Waals surface area contributed by atoms with E-state index >= 15 is 0 Å². The van der Waals surface area contributed by atoms with Crippen molar-refractivity contribution < 1.29 is 0 Å². The van der Waals surface area contributed by atoms with E-state index in [0.29, 0.717) is 28.0 Å². The normalized spacial score (nSPS) is 10.6. The molecule has 0 aliphatic carbocycles. The molecular weight excluding hydrogens is 273 g/mol. The summed E-state index contributed by atoms with van der Waals surface area (Å²) < 4.78 is 1.40. The third-order valence-corrected chi connectivity index (χ3v) is 2.85. The molecule has 0 saturated carbocycles. The average Bonchev–Trinajstić information content (AvgIpc) is 2.33. The number of hydrogen-bond acceptors (Lipinski definition) is 3. The van der Waals surface area contributed by atoms with E-state index in [-0.39, 0.29) is 5.56 Å². The van der Waals surface area contributed by atoms with E-state index in [0.717, 1.165) is 6.42 Å². The van der Waals surface area contributed by atoms with Gasteiger partial charge in [-0.25, -0.2) is 4.68 Å². The first-order valence-electron chi connectivity index (χ1n) is 5.51. The first kappa shape index (κ1) is 13.1. The molecular formula is C12H11Cl2N3O. The molecule has 2 heterocycles. The SMILES string of the molecule is CCCn1nc(-c2ncc(Cl)cc2Cl)ccc1=O. The number of halogens is 2. The Morgan fingerprint density at radius 3 is 2.78 bits per heavy atom. The smallest absolute Gasteiger partial charge is 0.266 e. The second-order valence-electron chi connectivity index (χ2n) is 3.76. The highest BCUT2D eigenvalue weighted by Crippen LogP contribution is 2.25. The number of pyridine rings is 1. The van der Waals surface area contributed by atoms with Gasteiger partial charge in [0.15, 0.2) is 0 Å². The van der Waals surface area contributed by atoms with Crippen LogP contribution in [0.1, 0.15) is 13.3 Å². The molecule has 2 rings (SSSR count). The molecule has 0 unspecified atom stereocenters. The monoisotopic (exact) mass is 283 g/mol. The molecule has 0 aromatic carbocycles. The van der Waals surface area contributed by atoms with Crippen LogP contribution in [0.5, 0.6) is 0 Å². The predicted molar refractivity (Wildman–Crippen MR) is 72.0 cm³/mol. The third-order valence-electron chi connectivity index (χ3n) is 2.35. The molecule has 0 N–H and O–H groups in total. The summed E-state index contributed by atoms with van der Waals surface area (Å²) in [4.78, 5) is 15.7. The summed E-state index contributed by atoms with van der Waals surface area (Å²) in [6.45, 7) is 2.55. The molecule has 0 bridgehead atoms. The molecule has 0 aliphatic rings. The second kappa shape index (κ2) is 5.50. The van der Waals surface area contributed by atoms with E-state index in [2.05, 4.69) is 10.1 Å². The van der Waals surface area contributed by atoms with Crippen molar-refractivity contribution in [2.75, 3.05) is 0 Å². The van der Waals surface area contributed by atoms with Gasteiger partial charge in [0, 0.05) is 18.8 Å². The summed E-state index contributed by atoms with van der Waals surface area (Å²) in [5, 5.41) is 5.11. The molecule has 4 nitrogen and oxygen atoms in total. The van der Waals surface area contributed by atoms with E-state index < -0.39 is 0 Å². The minimum atomic E-state index is -0.134. The van der Waals surface area contributed by atoms with E-state index in [1.165, 1.54) is 16.9 Å². The van der Waals surface area contributed by atoms with Gasteiger partial charge in [-0.2, -0.15) is 5.10 Å². The molecule has 0 saturated heterocycles. The topological polar surface area (TPSA) is 47.8 Å². The predicted octanol–water partition coefficient (Wildman–Crippen LogP) is 3.02. The van der Waals surface area contributed by atoms with Crippen LogP contribution in [0.15, 0.2) is 29.2 Å². The van der Waals surface area contributed by atoms with Crippen LogP contribution in [-0.2, 0) is 6.54 Å². The molecule has 0 aliphatic heterocycles. The maximum atomic E-state index is 11.6. The second-order valence-corrected chi connectivity index (χ2v) is 4.61. The highest BCUT2D eigenvalue weighted by molar-refractivity contribution is 6.35. The van der Waals surface area contributed by atoms with E-state index in [4.69, 9.17) is 23.2 Å². The lowest BCUT2D eigenvalue weighted by Crippen LogP contribution is -2.22. The molecule has 2 aromatic heterocycles. The maximum absolute atomic E-state index is 11.6. The minimum Gasteiger partial charge on any atom is -0.268 e. The van der Waals surface area contributed by atoms with Gasteiger partial charge in [0.1, 0.15) is 11.4 Å². The third kappa shape index (κ3) is 2.71. The van der Waals surface area contributed by atoms with Crippen molar-refractivity contribution in [1.82, 2.24) is 14.8 Å². The van der Waals surface area contributed by atoms with Crippen LogP contribution in [0, 0.1) is 0 Å². The van der Waals surface area contributed by atoms with Gasteiger partial charge in [-0.05, 0) is 18.6 Å². The summed E-state index contributed by atoms with van der Waals surface area (Å²) in [5.41, 5.74) is 0.946. The largest absolute Gasteiger partial charge is 0.268 e. The Kier molecular flexibility index (Phi) is 3.99. The van der Waals surface area contributed by atoms with Crippen LogP contribution in [-0.4, -0.2) is 14.8 Å². The Morgan fingerprint density at radius 1 is 1.33 bits per heavy atom. The van der Waals surface area contributed by atoms with Gasteiger partial charge < -0.3 is 0 Å². The Bertz CT molecular complexity index is 625. The lowest BCUT2D eigenvalue weighted by molar-refractivity contribution is 0.570. The van der Waals surface area contributed by atoms with Crippen molar-refractivity contribution >= 4 is 23.2 Å². The number of rotatable bonds is 3. The molecule has 6 heteroatoms. The van der Waals surface area contributed by atoms with Gasteiger partial charge in [-0.3, -0.25) is 9.78 Å². The highest BCUT2D eigenvalue weighted by atomic mass is 35.5. The van der Waals surface area contributed by atoms with Crippen LogP contribution < -0.4 is 5.56 Å². The summed E-state index contributed by atoms with van der Waals surface area (Å²) in [6.07, 6.45) is 2.33. The lowest BCUT2D eigenvalue weighted by atomic mass is 10.2. The van der Waals surface area contributed by atoms with Gasteiger partial charge >= 0.3 is 0 Å². The van der Waals surface area contributed by atoms with Gasteiger partial charge in [0.05, 0.1) is 10.0 Å². The van der Waals surface area contributed by atoms with E-state index in [1.807, 2.05) is 6.92 Å². The molecule has 2 aromatic rings. The number of aryl methyl sites for hydroxylation is 1. The van der Waals surface area contributed by atoms with Crippen molar-refractivity contribution in [3.8, 4) is 11.4 Å². The first-order valence-corrected chi connectivity index (χ1v) is 6.27. The minimum absolute atomic E-state index is 0.134. The van der Waals surface area contributed by atoms with Crippen molar-refractivity contribution in [2.24, 2.45) is 0 Å². The Hall–Kier alpha value is -1.39. The first-order chi connectivity index (χ1) is 8.61. The van der Waals surface area contributed by atoms with Crippen molar-refractivity contribution in [2.45, 2.75) is 19.9 Å². The zero-order valence-electron chi connectivity index (χ0n) is 9.73. The molecule has 0 radical (unpaired) electrons. The van der Waals surface area contributed by atoms with Gasteiger partial charge in [0.25, 0.3) is 5.56 Å². The van der Waals surface area contributed by atoms with E-state index in [9.17, 15) is 4.79 Å². The fourth-order valence-corrected chi connectivity index (χ4v) is 2.03. The lowest BCUT2D eigenvalue weighted by Gasteiger charge is -2.06. The van der Waals surface area contributed by atoms with Gasteiger partial charge in [-0.15, -0.1) is 0 Å². The summed E-state index contributed by atoms with van der Waals surface area (Å²) in [5.74, 6) is 0.